The van der Waals surface area contributed by atoms with Crippen LogP contribution in [0.2, 0.25) is 13.3 Å². The van der Waals surface area contributed by atoms with E-state index in [2.05, 4.69) is 56.0 Å². The maximum absolute atomic E-state index is 13.2. The Hall–Kier alpha value is -1.75. The minimum absolute atomic E-state index is 0.0754. The van der Waals surface area contributed by atoms with Crippen LogP contribution in [-0.4, -0.2) is 32.5 Å². The number of nitrogens with zero attached hydrogens (tertiary/aromatic N) is 1. The molecule has 178 valence electrons. The number of hydrogen-bond acceptors (Lipinski definition) is 3. The third-order valence-electron chi connectivity index (χ3n) is 7.03. The molecule has 0 aliphatic heterocycles. The van der Waals surface area contributed by atoms with Crippen molar-refractivity contribution < 1.29 is 4.42 Å². The van der Waals surface area contributed by atoms with Crippen LogP contribution in [-0.2, 0) is 0 Å². The summed E-state index contributed by atoms with van der Waals surface area (Å²) in [5, 5.41) is 0.756. The third-order valence-corrected chi connectivity index (χ3v) is 22.6. The molecule has 1 aromatic heterocycles. The summed E-state index contributed by atoms with van der Waals surface area (Å²) >= 11 is -2.58. The van der Waals surface area contributed by atoms with Crippen molar-refractivity contribution in [3.05, 3.63) is 58.8 Å². The predicted octanol–water partition coefficient (Wildman–Crippen LogP) is 7.58. The van der Waals surface area contributed by atoms with E-state index in [9.17, 15) is 4.79 Å². The summed E-state index contributed by atoms with van der Waals surface area (Å²) in [7, 11) is 4.05. The average molecular weight is 554 g/mol. The van der Waals surface area contributed by atoms with Crippen molar-refractivity contribution in [1.82, 2.24) is 0 Å². The summed E-state index contributed by atoms with van der Waals surface area (Å²) in [6, 6.07) is 16.5. The first-order chi connectivity index (χ1) is 15.9. The SMILES string of the molecule is CCC[CH2][Sn]([CH2]CCC)([CH2]CCC)[c]1ccc2oc(-c3ccc(N(C)C)cc3)cc(=O)c2c1. The number of anilines is 1. The van der Waals surface area contributed by atoms with E-state index in [1.807, 2.05) is 26.2 Å². The van der Waals surface area contributed by atoms with Crippen molar-refractivity contribution in [3.8, 4) is 11.3 Å². The van der Waals surface area contributed by atoms with Gasteiger partial charge in [-0.15, -0.1) is 0 Å². The van der Waals surface area contributed by atoms with Gasteiger partial charge < -0.3 is 0 Å². The Balaban J connectivity index is 2.04. The van der Waals surface area contributed by atoms with Crippen LogP contribution >= 0.6 is 0 Å². The molecule has 33 heavy (non-hydrogen) atoms. The van der Waals surface area contributed by atoms with Crippen molar-refractivity contribution in [2.75, 3.05) is 19.0 Å². The van der Waals surface area contributed by atoms with Gasteiger partial charge in [-0.25, -0.2) is 0 Å². The van der Waals surface area contributed by atoms with E-state index >= 15 is 0 Å². The first kappa shape index (κ1) is 25.9. The Labute approximate surface area is 204 Å². The number of rotatable bonds is 12. The summed E-state index contributed by atoms with van der Waals surface area (Å²) in [4.78, 5) is 15.3. The van der Waals surface area contributed by atoms with E-state index in [-0.39, 0.29) is 5.43 Å². The first-order valence-electron chi connectivity index (χ1n) is 12.8. The van der Waals surface area contributed by atoms with Gasteiger partial charge in [-0.2, -0.15) is 0 Å². The van der Waals surface area contributed by atoms with Gasteiger partial charge in [-0.05, 0) is 0 Å². The fourth-order valence-electron chi connectivity index (χ4n) is 4.91. The molecule has 0 atom stereocenters. The summed E-state index contributed by atoms with van der Waals surface area (Å²) in [5.41, 5.74) is 2.85. The summed E-state index contributed by atoms with van der Waals surface area (Å²) in [6.45, 7) is 6.91. The van der Waals surface area contributed by atoms with Crippen LogP contribution in [0.1, 0.15) is 59.3 Å². The van der Waals surface area contributed by atoms with Crippen LogP contribution < -0.4 is 13.9 Å². The Morgan fingerprint density at radius 2 is 1.36 bits per heavy atom. The molecule has 0 unspecified atom stereocenters. The topological polar surface area (TPSA) is 33.5 Å². The van der Waals surface area contributed by atoms with Crippen LogP contribution in [0.15, 0.2) is 57.7 Å². The average Bonchev–Trinajstić information content (AvgIpc) is 2.83. The number of unbranched alkanes of at least 4 members (excludes halogenated alkanes) is 3. The fourth-order valence-corrected chi connectivity index (χ4v) is 20.9. The number of fused-ring (bicyclic) bond motifs is 1. The number of hydrogen-bond donors (Lipinski definition) is 0. The molecular weight excluding hydrogens is 513 g/mol. The molecule has 1 heterocycles. The van der Waals surface area contributed by atoms with Crippen LogP contribution in [0.25, 0.3) is 22.3 Å². The normalized spacial score (nSPS) is 11.8. The molecule has 0 aliphatic rings. The van der Waals surface area contributed by atoms with Crippen molar-refractivity contribution in [3.63, 3.8) is 0 Å². The molecule has 0 saturated heterocycles. The van der Waals surface area contributed by atoms with E-state index in [0.717, 1.165) is 16.6 Å². The quantitative estimate of drug-likeness (QED) is 0.217. The van der Waals surface area contributed by atoms with Gasteiger partial charge in [0.05, 0.1) is 0 Å². The van der Waals surface area contributed by atoms with Gasteiger partial charge in [-0.1, -0.05) is 0 Å². The second kappa shape index (κ2) is 12.1. The molecule has 0 fully saturated rings. The molecule has 0 N–H and O–H groups in total. The molecule has 0 aliphatic carbocycles. The zero-order valence-electron chi connectivity index (χ0n) is 21.2. The Bertz CT molecular complexity index is 1060. The van der Waals surface area contributed by atoms with Gasteiger partial charge in [0.2, 0.25) is 0 Å². The molecule has 0 bridgehead atoms. The number of benzene rings is 2. The molecule has 3 nitrogen and oxygen atoms in total. The van der Waals surface area contributed by atoms with Gasteiger partial charge in [-0.3, -0.25) is 0 Å². The van der Waals surface area contributed by atoms with Gasteiger partial charge in [0.15, 0.2) is 0 Å². The van der Waals surface area contributed by atoms with Crippen molar-refractivity contribution >= 4 is 38.6 Å². The summed E-state index contributed by atoms with van der Waals surface area (Å²) in [5.74, 6) is 0.642. The van der Waals surface area contributed by atoms with Crippen LogP contribution in [0.5, 0.6) is 0 Å². The second-order valence-corrected chi connectivity index (χ2v) is 23.0. The molecule has 3 aromatic rings. The van der Waals surface area contributed by atoms with Crippen LogP contribution in [0.4, 0.5) is 5.69 Å². The van der Waals surface area contributed by atoms with Crippen molar-refractivity contribution in [1.29, 1.82) is 0 Å². The van der Waals surface area contributed by atoms with E-state index in [4.69, 9.17) is 4.42 Å². The molecular formula is C29H41NO2Sn. The molecule has 0 spiro atoms. The third kappa shape index (κ3) is 6.23. The zero-order chi connectivity index (χ0) is 23.8. The van der Waals surface area contributed by atoms with E-state index in [0.29, 0.717) is 11.3 Å². The fraction of sp³-hybridized carbons (Fsp3) is 0.483. The summed E-state index contributed by atoms with van der Waals surface area (Å²) < 4.78 is 12.0. The zero-order valence-corrected chi connectivity index (χ0v) is 24.1. The molecule has 0 radical (unpaired) electrons. The van der Waals surface area contributed by atoms with Crippen LogP contribution in [0, 0.1) is 0 Å². The Morgan fingerprint density at radius 3 is 1.88 bits per heavy atom. The van der Waals surface area contributed by atoms with Crippen LogP contribution in [0.3, 0.4) is 0 Å². The maximum atomic E-state index is 13.2. The van der Waals surface area contributed by atoms with Gasteiger partial charge in [0, 0.05) is 0 Å². The predicted molar refractivity (Wildman–Crippen MR) is 147 cm³/mol. The van der Waals surface area contributed by atoms with Gasteiger partial charge >= 0.3 is 205 Å². The Kier molecular flexibility index (Phi) is 9.48. The van der Waals surface area contributed by atoms with E-state index < -0.39 is 18.4 Å². The molecule has 0 saturated carbocycles. The van der Waals surface area contributed by atoms with E-state index in [1.54, 1.807) is 6.07 Å². The second-order valence-electron chi connectivity index (χ2n) is 9.72. The molecule has 0 amide bonds. The molecule has 4 heteroatoms. The molecule has 3 rings (SSSR count). The van der Waals surface area contributed by atoms with Gasteiger partial charge in [0.25, 0.3) is 0 Å². The Morgan fingerprint density at radius 1 is 0.788 bits per heavy atom. The van der Waals surface area contributed by atoms with Crippen molar-refractivity contribution in [2.24, 2.45) is 0 Å². The van der Waals surface area contributed by atoms with Gasteiger partial charge in [0.1, 0.15) is 0 Å². The minimum atomic E-state index is -2.58. The standard InChI is InChI=1S/C17H14NO2.3C4H9.Sn/c1-18(2)13-9-7-12(8-10-13)17-11-15(19)14-5-3-4-6-16(14)20-17;3*1-3-4-2;/h4-11H,1-2H3;3*1,3-4H2,2H3;. The summed E-state index contributed by atoms with van der Waals surface area (Å²) in [6.07, 6.45) is 7.71. The monoisotopic (exact) mass is 555 g/mol. The van der Waals surface area contributed by atoms with E-state index in [1.165, 1.54) is 55.4 Å². The molecule has 2 aromatic carbocycles. The first-order valence-corrected chi connectivity index (χ1v) is 20.3. The van der Waals surface area contributed by atoms with Crippen molar-refractivity contribution in [2.45, 2.75) is 72.6 Å².